The Balaban J connectivity index is 1.51. The normalized spacial score (nSPS) is 17.7. The van der Waals surface area contributed by atoms with Crippen molar-refractivity contribution in [1.82, 2.24) is 15.0 Å². The zero-order valence-electron chi connectivity index (χ0n) is 16.5. The van der Waals surface area contributed by atoms with Crippen molar-refractivity contribution in [2.45, 2.75) is 26.2 Å². The Morgan fingerprint density at radius 1 is 1.41 bits per heavy atom. The third kappa shape index (κ3) is 5.10. The van der Waals surface area contributed by atoms with Gasteiger partial charge in [-0.2, -0.15) is 0 Å². The van der Waals surface area contributed by atoms with E-state index in [2.05, 4.69) is 22.2 Å². The minimum absolute atomic E-state index is 0.0713. The molecule has 2 heterocycles. The average molecular weight is 371 g/mol. The lowest BCUT2D eigenvalue weighted by atomic mass is 9.97. The molecule has 1 unspecified atom stereocenters. The maximum Gasteiger partial charge on any atom is 0.275 e. The Kier molecular flexibility index (Phi) is 6.50. The van der Waals surface area contributed by atoms with E-state index in [0.717, 1.165) is 44.8 Å². The van der Waals surface area contributed by atoms with E-state index in [1.54, 1.807) is 25.0 Å². The second-order valence-corrected chi connectivity index (χ2v) is 7.38. The van der Waals surface area contributed by atoms with Crippen LogP contribution in [0.4, 0.5) is 0 Å². The summed E-state index contributed by atoms with van der Waals surface area (Å²) in [6, 6.07) is 9.90. The number of ether oxygens (including phenoxy) is 1. The molecule has 1 fully saturated rings. The monoisotopic (exact) mass is 371 g/mol. The molecule has 1 aliphatic heterocycles. The van der Waals surface area contributed by atoms with E-state index in [4.69, 9.17) is 9.26 Å². The fourth-order valence-electron chi connectivity index (χ4n) is 3.82. The molecule has 1 atom stereocenters. The number of nitrogens with zero attached hydrogens (tertiary/aromatic N) is 3. The first kappa shape index (κ1) is 19.4. The molecule has 3 rings (SSSR count). The van der Waals surface area contributed by atoms with Crippen LogP contribution in [-0.2, 0) is 6.42 Å². The third-order valence-electron chi connectivity index (χ3n) is 5.22. The first-order chi connectivity index (χ1) is 13.1. The molecule has 0 saturated carbocycles. The van der Waals surface area contributed by atoms with Crippen molar-refractivity contribution >= 4 is 5.91 Å². The zero-order chi connectivity index (χ0) is 19.2. The second-order valence-electron chi connectivity index (χ2n) is 7.38. The SMILES string of the molecule is COc1ccccc1CCN1CCCC(CN(C)C(=O)c2cc(C)on2)C1. The van der Waals surface area contributed by atoms with Crippen molar-refractivity contribution in [2.24, 2.45) is 5.92 Å². The van der Waals surface area contributed by atoms with Crippen molar-refractivity contribution in [3.63, 3.8) is 0 Å². The number of amides is 1. The summed E-state index contributed by atoms with van der Waals surface area (Å²) in [5.74, 6) is 2.03. The van der Waals surface area contributed by atoms with Crippen LogP contribution < -0.4 is 4.74 Å². The molecule has 27 heavy (non-hydrogen) atoms. The van der Waals surface area contributed by atoms with Crippen LogP contribution >= 0.6 is 0 Å². The van der Waals surface area contributed by atoms with Crippen molar-refractivity contribution < 1.29 is 14.1 Å². The molecule has 1 aromatic carbocycles. The number of hydrogen-bond acceptors (Lipinski definition) is 5. The van der Waals surface area contributed by atoms with E-state index < -0.39 is 0 Å². The standard InChI is InChI=1S/C21H29N3O3/c1-16-13-19(22-27-16)21(25)23(2)14-17-7-6-11-24(15-17)12-10-18-8-4-5-9-20(18)26-3/h4-5,8-9,13,17H,6-7,10-12,14-15H2,1-3H3. The van der Waals surface area contributed by atoms with Gasteiger partial charge in [0.2, 0.25) is 0 Å². The van der Waals surface area contributed by atoms with Gasteiger partial charge in [-0.1, -0.05) is 23.4 Å². The predicted octanol–water partition coefficient (Wildman–Crippen LogP) is 3.02. The molecule has 1 amide bonds. The van der Waals surface area contributed by atoms with Crippen LogP contribution in [0.15, 0.2) is 34.9 Å². The van der Waals surface area contributed by atoms with Crippen LogP contribution in [0.3, 0.4) is 0 Å². The topological polar surface area (TPSA) is 58.8 Å². The van der Waals surface area contributed by atoms with Crippen molar-refractivity contribution in [3.8, 4) is 5.75 Å². The molecule has 2 aromatic rings. The second kappa shape index (κ2) is 9.04. The van der Waals surface area contributed by atoms with Crippen LogP contribution in [-0.4, -0.2) is 61.2 Å². The highest BCUT2D eigenvalue weighted by Gasteiger charge is 2.24. The Morgan fingerprint density at radius 2 is 2.22 bits per heavy atom. The Hall–Kier alpha value is -2.34. The van der Waals surface area contributed by atoms with E-state index in [1.807, 2.05) is 19.2 Å². The molecule has 0 N–H and O–H groups in total. The van der Waals surface area contributed by atoms with Gasteiger partial charge in [-0.15, -0.1) is 0 Å². The van der Waals surface area contributed by atoms with Crippen molar-refractivity contribution in [2.75, 3.05) is 40.3 Å². The summed E-state index contributed by atoms with van der Waals surface area (Å²) >= 11 is 0. The lowest BCUT2D eigenvalue weighted by Crippen LogP contribution is -2.42. The average Bonchev–Trinajstić information content (AvgIpc) is 3.12. The van der Waals surface area contributed by atoms with E-state index in [0.29, 0.717) is 17.4 Å². The van der Waals surface area contributed by atoms with Gasteiger partial charge in [0.05, 0.1) is 7.11 Å². The smallest absolute Gasteiger partial charge is 0.275 e. The summed E-state index contributed by atoms with van der Waals surface area (Å²) in [5.41, 5.74) is 1.63. The first-order valence-electron chi connectivity index (χ1n) is 9.60. The lowest BCUT2D eigenvalue weighted by Gasteiger charge is -2.34. The first-order valence-corrected chi connectivity index (χ1v) is 9.60. The fraction of sp³-hybridized carbons (Fsp3) is 0.524. The van der Waals surface area contributed by atoms with Gasteiger partial charge in [0.1, 0.15) is 11.5 Å². The summed E-state index contributed by atoms with van der Waals surface area (Å²) in [7, 11) is 3.57. The zero-order valence-corrected chi connectivity index (χ0v) is 16.5. The summed E-state index contributed by atoms with van der Waals surface area (Å²) in [4.78, 5) is 16.7. The molecule has 146 valence electrons. The number of likely N-dealkylation sites (tertiary alicyclic amines) is 1. The number of aromatic nitrogens is 1. The Morgan fingerprint density at radius 3 is 2.96 bits per heavy atom. The molecule has 0 bridgehead atoms. The summed E-state index contributed by atoms with van der Waals surface area (Å²) < 4.78 is 10.5. The predicted molar refractivity (Wildman–Crippen MR) is 104 cm³/mol. The number of rotatable bonds is 7. The maximum atomic E-state index is 12.5. The molecular weight excluding hydrogens is 342 g/mol. The van der Waals surface area contributed by atoms with Crippen LogP contribution in [0.1, 0.15) is 34.7 Å². The minimum Gasteiger partial charge on any atom is -0.496 e. The van der Waals surface area contributed by atoms with E-state index in [1.165, 1.54) is 12.0 Å². The lowest BCUT2D eigenvalue weighted by molar-refractivity contribution is 0.0720. The van der Waals surface area contributed by atoms with Crippen molar-refractivity contribution in [1.29, 1.82) is 0 Å². The highest BCUT2D eigenvalue weighted by atomic mass is 16.5. The summed E-state index contributed by atoms with van der Waals surface area (Å²) in [5, 5.41) is 3.84. The largest absolute Gasteiger partial charge is 0.496 e. The van der Waals surface area contributed by atoms with Gasteiger partial charge in [0.25, 0.3) is 5.91 Å². The number of carbonyl (C=O) groups excluding carboxylic acids is 1. The number of para-hydroxylation sites is 1. The number of methoxy groups -OCH3 is 1. The van der Waals surface area contributed by atoms with Crippen LogP contribution in [0.25, 0.3) is 0 Å². The molecule has 0 radical (unpaired) electrons. The number of carbonyl (C=O) groups is 1. The number of benzene rings is 1. The fourth-order valence-corrected chi connectivity index (χ4v) is 3.82. The van der Waals surface area contributed by atoms with Crippen LogP contribution in [0.2, 0.25) is 0 Å². The quantitative estimate of drug-likeness (QED) is 0.749. The molecule has 1 aromatic heterocycles. The van der Waals surface area contributed by atoms with Crippen LogP contribution in [0.5, 0.6) is 5.75 Å². The minimum atomic E-state index is -0.0713. The Bertz CT molecular complexity index is 759. The molecular formula is C21H29N3O3. The molecule has 6 nitrogen and oxygen atoms in total. The highest BCUT2D eigenvalue weighted by Crippen LogP contribution is 2.21. The molecule has 1 aliphatic rings. The number of hydrogen-bond donors (Lipinski definition) is 0. The number of aryl methyl sites for hydroxylation is 1. The van der Waals surface area contributed by atoms with Gasteiger partial charge in [0, 0.05) is 32.7 Å². The molecule has 6 heteroatoms. The van der Waals surface area contributed by atoms with E-state index >= 15 is 0 Å². The third-order valence-corrected chi connectivity index (χ3v) is 5.22. The van der Waals surface area contributed by atoms with Gasteiger partial charge >= 0.3 is 0 Å². The van der Waals surface area contributed by atoms with E-state index in [9.17, 15) is 4.79 Å². The van der Waals surface area contributed by atoms with Gasteiger partial charge in [-0.3, -0.25) is 4.79 Å². The molecule has 1 saturated heterocycles. The highest BCUT2D eigenvalue weighted by molar-refractivity contribution is 5.92. The van der Waals surface area contributed by atoms with Gasteiger partial charge in [-0.05, 0) is 50.3 Å². The van der Waals surface area contributed by atoms with Crippen LogP contribution in [0, 0.1) is 12.8 Å². The van der Waals surface area contributed by atoms with Gasteiger partial charge < -0.3 is 19.1 Å². The van der Waals surface area contributed by atoms with E-state index in [-0.39, 0.29) is 5.91 Å². The molecule has 0 spiro atoms. The van der Waals surface area contributed by atoms with Gasteiger partial charge in [0.15, 0.2) is 5.69 Å². The summed E-state index contributed by atoms with van der Waals surface area (Å²) in [6.45, 7) is 5.69. The maximum absolute atomic E-state index is 12.5. The summed E-state index contributed by atoms with van der Waals surface area (Å²) in [6.07, 6.45) is 3.30. The molecule has 0 aliphatic carbocycles. The Labute approximate surface area is 161 Å². The van der Waals surface area contributed by atoms with Crippen molar-refractivity contribution in [3.05, 3.63) is 47.3 Å². The number of piperidine rings is 1. The van der Waals surface area contributed by atoms with Gasteiger partial charge in [-0.25, -0.2) is 0 Å².